The average Bonchev–Trinajstić information content (AvgIpc) is 2.94. The van der Waals surface area contributed by atoms with E-state index in [1.807, 2.05) is 17.7 Å². The summed E-state index contributed by atoms with van der Waals surface area (Å²) < 4.78 is 6.97. The van der Waals surface area contributed by atoms with E-state index in [0.717, 1.165) is 10.9 Å². The smallest absolute Gasteiger partial charge is 0.341 e. The second-order valence-electron chi connectivity index (χ2n) is 4.19. The van der Waals surface area contributed by atoms with Crippen molar-refractivity contribution in [3.63, 3.8) is 0 Å². The summed E-state index contributed by atoms with van der Waals surface area (Å²) in [5.41, 5.74) is 1.63. The third-order valence-electron chi connectivity index (χ3n) is 3.00. The molecule has 19 heavy (non-hydrogen) atoms. The fourth-order valence-corrected chi connectivity index (χ4v) is 2.30. The standard InChI is InChI=1S/C13H9ClN2O3/c1-16-6-10(8-4-7(14)2-3-11(8)16)12-9(13(17)18)5-15-19-12/h2-6H,1H3,(H,17,18). The van der Waals surface area contributed by atoms with Gasteiger partial charge >= 0.3 is 5.97 Å². The maximum absolute atomic E-state index is 11.1. The van der Waals surface area contributed by atoms with Crippen molar-refractivity contribution < 1.29 is 14.4 Å². The predicted octanol–water partition coefficient (Wildman–Crippen LogP) is 3.18. The normalized spacial score (nSPS) is 11.1. The molecule has 3 aromatic rings. The maximum atomic E-state index is 11.1. The maximum Gasteiger partial charge on any atom is 0.341 e. The van der Waals surface area contributed by atoms with Crippen LogP contribution in [0.3, 0.4) is 0 Å². The number of aromatic nitrogens is 2. The SMILES string of the molecule is Cn1cc(-c2oncc2C(=O)O)c2cc(Cl)ccc21. The molecule has 0 spiro atoms. The molecule has 0 saturated heterocycles. The number of hydrogen-bond donors (Lipinski definition) is 1. The first-order valence-electron chi connectivity index (χ1n) is 5.51. The van der Waals surface area contributed by atoms with Crippen LogP contribution >= 0.6 is 11.6 Å². The summed E-state index contributed by atoms with van der Waals surface area (Å²) >= 11 is 5.99. The number of carbonyl (C=O) groups is 1. The summed E-state index contributed by atoms with van der Waals surface area (Å²) in [6, 6.07) is 5.44. The largest absolute Gasteiger partial charge is 0.477 e. The second kappa shape index (κ2) is 4.13. The molecule has 2 heterocycles. The van der Waals surface area contributed by atoms with Crippen molar-refractivity contribution in [3.8, 4) is 11.3 Å². The van der Waals surface area contributed by atoms with Gasteiger partial charge in [-0.1, -0.05) is 16.8 Å². The van der Waals surface area contributed by atoms with E-state index in [-0.39, 0.29) is 11.3 Å². The first-order chi connectivity index (χ1) is 9.08. The van der Waals surface area contributed by atoms with Crippen LogP contribution in [0.4, 0.5) is 0 Å². The zero-order chi connectivity index (χ0) is 13.6. The zero-order valence-electron chi connectivity index (χ0n) is 9.92. The van der Waals surface area contributed by atoms with Gasteiger partial charge in [-0.3, -0.25) is 0 Å². The van der Waals surface area contributed by atoms with Gasteiger partial charge in [0.25, 0.3) is 0 Å². The summed E-state index contributed by atoms with van der Waals surface area (Å²) in [4.78, 5) is 11.1. The first kappa shape index (κ1) is 11.8. The Labute approximate surface area is 113 Å². The van der Waals surface area contributed by atoms with E-state index in [1.54, 1.807) is 18.3 Å². The molecular formula is C13H9ClN2O3. The highest BCUT2D eigenvalue weighted by Gasteiger charge is 2.20. The fraction of sp³-hybridized carbons (Fsp3) is 0.0769. The van der Waals surface area contributed by atoms with Gasteiger partial charge in [0.15, 0.2) is 5.76 Å². The molecule has 0 aliphatic carbocycles. The van der Waals surface area contributed by atoms with E-state index < -0.39 is 5.97 Å². The Morgan fingerprint density at radius 3 is 3.00 bits per heavy atom. The van der Waals surface area contributed by atoms with Crippen molar-refractivity contribution in [3.05, 3.63) is 41.2 Å². The van der Waals surface area contributed by atoms with Gasteiger partial charge in [0.05, 0.1) is 6.20 Å². The number of hydrogen-bond acceptors (Lipinski definition) is 3. The number of aromatic carboxylic acids is 1. The van der Waals surface area contributed by atoms with Crippen LogP contribution in [0.15, 0.2) is 35.1 Å². The lowest BCUT2D eigenvalue weighted by atomic mass is 10.1. The summed E-state index contributed by atoms with van der Waals surface area (Å²) in [5.74, 6) is -0.837. The number of nitrogens with zero attached hydrogens (tertiary/aromatic N) is 2. The molecule has 0 unspecified atom stereocenters. The first-order valence-corrected chi connectivity index (χ1v) is 5.88. The molecule has 96 valence electrons. The van der Waals surface area contributed by atoms with Crippen LogP contribution in [-0.2, 0) is 7.05 Å². The molecule has 6 heteroatoms. The van der Waals surface area contributed by atoms with Gasteiger partial charge in [-0.15, -0.1) is 0 Å². The Bertz CT molecular complexity index is 788. The topological polar surface area (TPSA) is 68.3 Å². The third-order valence-corrected chi connectivity index (χ3v) is 3.23. The Morgan fingerprint density at radius 2 is 2.26 bits per heavy atom. The van der Waals surface area contributed by atoms with E-state index in [1.165, 1.54) is 6.20 Å². The van der Waals surface area contributed by atoms with Crippen molar-refractivity contribution in [1.29, 1.82) is 0 Å². The van der Waals surface area contributed by atoms with Gasteiger partial charge in [0.2, 0.25) is 0 Å². The predicted molar refractivity (Wildman–Crippen MR) is 70.4 cm³/mol. The molecule has 0 aliphatic heterocycles. The molecule has 1 N–H and O–H groups in total. The molecule has 3 rings (SSSR count). The van der Waals surface area contributed by atoms with Gasteiger partial charge < -0.3 is 14.2 Å². The highest BCUT2D eigenvalue weighted by Crippen LogP contribution is 2.33. The summed E-state index contributed by atoms with van der Waals surface area (Å²) in [7, 11) is 1.87. The molecule has 0 atom stereocenters. The molecule has 0 fully saturated rings. The van der Waals surface area contributed by atoms with Gasteiger partial charge in [-0.05, 0) is 18.2 Å². The molecule has 0 aliphatic rings. The number of carboxylic acid groups (broad SMARTS) is 1. The minimum atomic E-state index is -1.07. The van der Waals surface area contributed by atoms with Crippen LogP contribution in [0, 0.1) is 0 Å². The number of fused-ring (bicyclic) bond motifs is 1. The zero-order valence-corrected chi connectivity index (χ0v) is 10.7. The van der Waals surface area contributed by atoms with Crippen LogP contribution in [0.5, 0.6) is 0 Å². The van der Waals surface area contributed by atoms with E-state index in [0.29, 0.717) is 10.6 Å². The van der Waals surface area contributed by atoms with Gasteiger partial charge in [-0.2, -0.15) is 0 Å². The van der Waals surface area contributed by atoms with Crippen molar-refractivity contribution in [2.24, 2.45) is 7.05 Å². The number of rotatable bonds is 2. The number of benzene rings is 1. The average molecular weight is 277 g/mol. The van der Waals surface area contributed by atoms with Crippen molar-refractivity contribution in [2.75, 3.05) is 0 Å². The van der Waals surface area contributed by atoms with E-state index in [2.05, 4.69) is 5.16 Å². The van der Waals surface area contributed by atoms with Gasteiger partial charge in [0.1, 0.15) is 5.56 Å². The Hall–Kier alpha value is -2.27. The van der Waals surface area contributed by atoms with Crippen LogP contribution in [-0.4, -0.2) is 20.8 Å². The van der Waals surface area contributed by atoms with Crippen molar-refractivity contribution >= 4 is 28.5 Å². The van der Waals surface area contributed by atoms with Crippen molar-refractivity contribution in [2.45, 2.75) is 0 Å². The van der Waals surface area contributed by atoms with Crippen molar-refractivity contribution in [1.82, 2.24) is 9.72 Å². The summed E-state index contributed by atoms with van der Waals surface area (Å²) in [6.07, 6.45) is 3.00. The van der Waals surface area contributed by atoms with Crippen LogP contribution in [0.25, 0.3) is 22.2 Å². The van der Waals surface area contributed by atoms with Crippen LogP contribution in [0.2, 0.25) is 5.02 Å². The number of carboxylic acids is 1. The van der Waals surface area contributed by atoms with Gasteiger partial charge in [-0.25, -0.2) is 4.79 Å². The minimum Gasteiger partial charge on any atom is -0.477 e. The van der Waals surface area contributed by atoms with E-state index >= 15 is 0 Å². The lowest BCUT2D eigenvalue weighted by molar-refractivity contribution is 0.0697. The lowest BCUT2D eigenvalue weighted by Gasteiger charge is -1.97. The summed E-state index contributed by atoms with van der Waals surface area (Å²) in [5, 5.41) is 14.1. The van der Waals surface area contributed by atoms with Crippen LogP contribution < -0.4 is 0 Å². The molecule has 0 bridgehead atoms. The molecule has 0 saturated carbocycles. The Kier molecular flexibility index (Phi) is 2.57. The highest BCUT2D eigenvalue weighted by atomic mass is 35.5. The molecule has 0 radical (unpaired) electrons. The molecular weight excluding hydrogens is 268 g/mol. The minimum absolute atomic E-state index is 0.0347. The molecule has 5 nitrogen and oxygen atoms in total. The molecule has 0 amide bonds. The lowest BCUT2D eigenvalue weighted by Crippen LogP contribution is -1.95. The second-order valence-corrected chi connectivity index (χ2v) is 4.63. The monoisotopic (exact) mass is 276 g/mol. The Balaban J connectivity index is 2.33. The number of halogens is 1. The molecule has 2 aromatic heterocycles. The van der Waals surface area contributed by atoms with Gasteiger partial charge in [0, 0.05) is 34.7 Å². The third kappa shape index (κ3) is 1.79. The highest BCUT2D eigenvalue weighted by molar-refractivity contribution is 6.31. The van der Waals surface area contributed by atoms with Crippen LogP contribution in [0.1, 0.15) is 10.4 Å². The van der Waals surface area contributed by atoms with E-state index in [4.69, 9.17) is 21.2 Å². The Morgan fingerprint density at radius 1 is 1.47 bits per heavy atom. The quantitative estimate of drug-likeness (QED) is 0.780. The van der Waals surface area contributed by atoms with E-state index in [9.17, 15) is 4.79 Å². The number of aryl methyl sites for hydroxylation is 1. The fourth-order valence-electron chi connectivity index (χ4n) is 2.13. The molecule has 1 aromatic carbocycles. The summed E-state index contributed by atoms with van der Waals surface area (Å²) in [6.45, 7) is 0.